The molecule has 2 nitrogen and oxygen atoms in total. The van der Waals surface area contributed by atoms with E-state index in [0.29, 0.717) is 16.6 Å². The Morgan fingerprint density at radius 1 is 1.11 bits per heavy atom. The lowest BCUT2D eigenvalue weighted by Crippen LogP contribution is -2.02. The van der Waals surface area contributed by atoms with Crippen LogP contribution < -0.4 is 10.1 Å². The first kappa shape index (κ1) is 14.5. The molecular formula is C14H12BrCl2NO. The first-order valence-electron chi connectivity index (χ1n) is 5.61. The molecule has 0 bridgehead atoms. The largest absolute Gasteiger partial charge is 0.496 e. The van der Waals surface area contributed by atoms with Crippen LogP contribution in [0.15, 0.2) is 40.9 Å². The summed E-state index contributed by atoms with van der Waals surface area (Å²) in [6, 6.07) is 11.2. The number of anilines is 1. The highest BCUT2D eigenvalue weighted by Gasteiger charge is 2.05. The Labute approximate surface area is 130 Å². The topological polar surface area (TPSA) is 21.3 Å². The summed E-state index contributed by atoms with van der Waals surface area (Å²) < 4.78 is 6.22. The minimum Gasteiger partial charge on any atom is -0.496 e. The molecule has 0 amide bonds. The predicted octanol–water partition coefficient (Wildman–Crippen LogP) is 5.38. The molecule has 2 rings (SSSR count). The number of hydrogen-bond donors (Lipinski definition) is 1. The Kier molecular flexibility index (Phi) is 4.97. The Hall–Kier alpha value is -0.900. The molecule has 2 aromatic carbocycles. The first-order valence-corrected chi connectivity index (χ1v) is 7.16. The molecule has 2 aromatic rings. The lowest BCUT2D eigenvalue weighted by Gasteiger charge is -2.12. The van der Waals surface area contributed by atoms with E-state index in [2.05, 4.69) is 21.2 Å². The van der Waals surface area contributed by atoms with Crippen LogP contribution in [0.25, 0.3) is 0 Å². The monoisotopic (exact) mass is 359 g/mol. The Balaban J connectivity index is 2.16. The molecule has 0 atom stereocenters. The molecule has 0 spiro atoms. The van der Waals surface area contributed by atoms with Gasteiger partial charge in [0, 0.05) is 32.3 Å². The zero-order chi connectivity index (χ0) is 13.8. The maximum Gasteiger partial charge on any atom is 0.123 e. The van der Waals surface area contributed by atoms with Crippen molar-refractivity contribution < 1.29 is 4.74 Å². The number of methoxy groups -OCH3 is 1. The van der Waals surface area contributed by atoms with Gasteiger partial charge in [-0.25, -0.2) is 0 Å². The summed E-state index contributed by atoms with van der Waals surface area (Å²) in [5.74, 6) is 0.807. The molecule has 0 saturated heterocycles. The average Bonchev–Trinajstić information content (AvgIpc) is 2.38. The van der Waals surface area contributed by atoms with Crippen molar-refractivity contribution in [3.05, 3.63) is 56.5 Å². The standard InChI is InChI=1S/C14H12BrCl2NO/c1-19-14-5-3-10(16)6-9(14)8-18-13-4-2-11(17)7-12(13)15/h2-7,18H,8H2,1H3. The van der Waals surface area contributed by atoms with E-state index in [1.165, 1.54) is 0 Å². The summed E-state index contributed by atoms with van der Waals surface area (Å²) in [6.45, 7) is 0.615. The number of nitrogens with one attached hydrogen (secondary N) is 1. The number of ether oxygens (including phenoxy) is 1. The van der Waals surface area contributed by atoms with E-state index >= 15 is 0 Å². The summed E-state index contributed by atoms with van der Waals surface area (Å²) in [7, 11) is 1.64. The number of rotatable bonds is 4. The molecular weight excluding hydrogens is 349 g/mol. The van der Waals surface area contributed by atoms with Gasteiger partial charge in [-0.05, 0) is 52.3 Å². The van der Waals surface area contributed by atoms with Gasteiger partial charge in [0.15, 0.2) is 0 Å². The van der Waals surface area contributed by atoms with Crippen molar-refractivity contribution in [2.75, 3.05) is 12.4 Å². The van der Waals surface area contributed by atoms with Crippen LogP contribution in [-0.2, 0) is 6.54 Å². The maximum absolute atomic E-state index is 6.00. The molecule has 0 unspecified atom stereocenters. The quantitative estimate of drug-likeness (QED) is 0.790. The van der Waals surface area contributed by atoms with Crippen LogP contribution in [0.1, 0.15) is 5.56 Å². The van der Waals surface area contributed by atoms with Crippen LogP contribution in [0.2, 0.25) is 10.0 Å². The molecule has 0 aliphatic heterocycles. The fraction of sp³-hybridized carbons (Fsp3) is 0.143. The summed E-state index contributed by atoms with van der Waals surface area (Å²) in [4.78, 5) is 0. The summed E-state index contributed by atoms with van der Waals surface area (Å²) in [5.41, 5.74) is 1.96. The Bertz CT molecular complexity index is 590. The molecule has 100 valence electrons. The molecule has 0 aliphatic rings. The van der Waals surface area contributed by atoms with Crippen LogP contribution in [0, 0.1) is 0 Å². The second kappa shape index (κ2) is 6.51. The van der Waals surface area contributed by atoms with E-state index in [1.807, 2.05) is 36.4 Å². The minimum absolute atomic E-state index is 0.615. The van der Waals surface area contributed by atoms with Crippen LogP contribution in [0.3, 0.4) is 0 Å². The highest BCUT2D eigenvalue weighted by atomic mass is 79.9. The van der Waals surface area contributed by atoms with Crippen LogP contribution in [0.4, 0.5) is 5.69 Å². The van der Waals surface area contributed by atoms with E-state index in [1.54, 1.807) is 7.11 Å². The molecule has 0 fully saturated rings. The minimum atomic E-state index is 0.615. The number of hydrogen-bond acceptors (Lipinski definition) is 2. The third-order valence-electron chi connectivity index (χ3n) is 2.64. The van der Waals surface area contributed by atoms with Gasteiger partial charge in [0.1, 0.15) is 5.75 Å². The van der Waals surface area contributed by atoms with E-state index < -0.39 is 0 Å². The van der Waals surface area contributed by atoms with Crippen molar-refractivity contribution in [1.29, 1.82) is 0 Å². The molecule has 5 heteroatoms. The lowest BCUT2D eigenvalue weighted by atomic mass is 10.2. The second-order valence-electron chi connectivity index (χ2n) is 3.93. The zero-order valence-electron chi connectivity index (χ0n) is 10.2. The van der Waals surface area contributed by atoms with Crippen molar-refractivity contribution in [2.24, 2.45) is 0 Å². The molecule has 1 N–H and O–H groups in total. The van der Waals surface area contributed by atoms with E-state index in [4.69, 9.17) is 27.9 Å². The molecule has 0 radical (unpaired) electrons. The van der Waals surface area contributed by atoms with Gasteiger partial charge in [0.05, 0.1) is 7.11 Å². The highest BCUT2D eigenvalue weighted by molar-refractivity contribution is 9.10. The maximum atomic E-state index is 6.00. The molecule has 0 saturated carbocycles. The van der Waals surface area contributed by atoms with Gasteiger partial charge in [0.25, 0.3) is 0 Å². The number of benzene rings is 2. The van der Waals surface area contributed by atoms with Gasteiger partial charge >= 0.3 is 0 Å². The van der Waals surface area contributed by atoms with Crippen LogP contribution in [-0.4, -0.2) is 7.11 Å². The normalized spacial score (nSPS) is 10.3. The van der Waals surface area contributed by atoms with Gasteiger partial charge in [-0.3, -0.25) is 0 Å². The fourth-order valence-electron chi connectivity index (χ4n) is 1.71. The van der Waals surface area contributed by atoms with Crippen molar-refractivity contribution in [2.45, 2.75) is 6.54 Å². The SMILES string of the molecule is COc1ccc(Cl)cc1CNc1ccc(Cl)cc1Br. The second-order valence-corrected chi connectivity index (χ2v) is 5.66. The first-order chi connectivity index (χ1) is 9.10. The lowest BCUT2D eigenvalue weighted by molar-refractivity contribution is 0.410. The Morgan fingerprint density at radius 3 is 2.47 bits per heavy atom. The number of halogens is 3. The van der Waals surface area contributed by atoms with Gasteiger partial charge in [-0.1, -0.05) is 23.2 Å². The third-order valence-corrected chi connectivity index (χ3v) is 3.77. The highest BCUT2D eigenvalue weighted by Crippen LogP contribution is 2.28. The van der Waals surface area contributed by atoms with Gasteiger partial charge in [-0.2, -0.15) is 0 Å². The van der Waals surface area contributed by atoms with E-state index in [9.17, 15) is 0 Å². The average molecular weight is 361 g/mol. The van der Waals surface area contributed by atoms with Gasteiger partial charge in [-0.15, -0.1) is 0 Å². The van der Waals surface area contributed by atoms with Crippen LogP contribution in [0.5, 0.6) is 5.75 Å². The van der Waals surface area contributed by atoms with E-state index in [-0.39, 0.29) is 0 Å². The zero-order valence-corrected chi connectivity index (χ0v) is 13.3. The summed E-state index contributed by atoms with van der Waals surface area (Å²) >= 11 is 15.4. The van der Waals surface area contributed by atoms with Crippen molar-refractivity contribution >= 4 is 44.8 Å². The van der Waals surface area contributed by atoms with Crippen molar-refractivity contribution in [3.8, 4) is 5.75 Å². The van der Waals surface area contributed by atoms with Crippen LogP contribution >= 0.6 is 39.1 Å². The fourth-order valence-corrected chi connectivity index (χ4v) is 2.73. The van der Waals surface area contributed by atoms with Gasteiger partial charge in [0.2, 0.25) is 0 Å². The predicted molar refractivity (Wildman–Crippen MR) is 84.5 cm³/mol. The molecule has 0 heterocycles. The third kappa shape index (κ3) is 3.78. The summed E-state index contributed by atoms with van der Waals surface area (Å²) in [6.07, 6.45) is 0. The van der Waals surface area contributed by atoms with E-state index in [0.717, 1.165) is 21.5 Å². The van der Waals surface area contributed by atoms with Gasteiger partial charge < -0.3 is 10.1 Å². The molecule has 0 aliphatic carbocycles. The molecule has 19 heavy (non-hydrogen) atoms. The van der Waals surface area contributed by atoms with Crippen molar-refractivity contribution in [1.82, 2.24) is 0 Å². The smallest absolute Gasteiger partial charge is 0.123 e. The summed E-state index contributed by atoms with van der Waals surface area (Å²) in [5, 5.41) is 4.69. The Morgan fingerprint density at radius 2 is 1.79 bits per heavy atom. The molecule has 0 aromatic heterocycles. The van der Waals surface area contributed by atoms with Crippen molar-refractivity contribution in [3.63, 3.8) is 0 Å².